The highest BCUT2D eigenvalue weighted by molar-refractivity contribution is 9.10. The number of amides is 2. The lowest BCUT2D eigenvalue weighted by Crippen LogP contribution is -2.35. The largest absolute Gasteiger partial charge is 0.356 e. The molecule has 0 saturated heterocycles. The van der Waals surface area contributed by atoms with Crippen LogP contribution in [-0.4, -0.2) is 18.4 Å². The van der Waals surface area contributed by atoms with Crippen molar-refractivity contribution in [2.75, 3.05) is 6.54 Å². The number of rotatable bonds is 6. The van der Waals surface area contributed by atoms with Gasteiger partial charge in [-0.2, -0.15) is 0 Å². The fraction of sp³-hybridized carbons (Fsp3) is 0.571. The number of hydrogen-bond donors (Lipinski definition) is 2. The van der Waals surface area contributed by atoms with Gasteiger partial charge in [0.25, 0.3) is 0 Å². The molecule has 2 N–H and O–H groups in total. The van der Waals surface area contributed by atoms with E-state index in [0.717, 1.165) is 9.35 Å². The molecule has 6 heteroatoms. The van der Waals surface area contributed by atoms with Crippen molar-refractivity contribution >= 4 is 39.1 Å². The maximum atomic E-state index is 11.6. The van der Waals surface area contributed by atoms with Crippen molar-refractivity contribution in [3.8, 4) is 0 Å². The summed E-state index contributed by atoms with van der Waals surface area (Å²) in [6.45, 7) is 6.70. The minimum absolute atomic E-state index is 0.0135. The number of hydrogen-bond acceptors (Lipinski definition) is 3. The van der Waals surface area contributed by atoms with E-state index in [0.29, 0.717) is 25.9 Å². The first-order chi connectivity index (χ1) is 9.29. The van der Waals surface area contributed by atoms with E-state index in [-0.39, 0.29) is 17.2 Å². The molecular weight excluding hydrogens is 340 g/mol. The lowest BCUT2D eigenvalue weighted by atomic mass is 9.96. The summed E-state index contributed by atoms with van der Waals surface area (Å²) in [4.78, 5) is 24.4. The molecule has 0 aliphatic carbocycles. The summed E-state index contributed by atoms with van der Waals surface area (Å²) in [5.74, 6) is 0.0286. The molecule has 0 fully saturated rings. The van der Waals surface area contributed by atoms with Crippen LogP contribution in [-0.2, 0) is 16.1 Å². The maximum Gasteiger partial charge on any atom is 0.225 e. The molecule has 0 bridgehead atoms. The zero-order chi connectivity index (χ0) is 15.2. The molecule has 0 aliphatic rings. The molecule has 0 aromatic carbocycles. The van der Waals surface area contributed by atoms with Gasteiger partial charge in [0.2, 0.25) is 11.8 Å². The fourth-order valence-corrected chi connectivity index (χ4v) is 2.83. The first-order valence-electron chi connectivity index (χ1n) is 6.57. The molecule has 0 unspecified atom stereocenters. The van der Waals surface area contributed by atoms with E-state index in [1.54, 1.807) is 11.3 Å². The lowest BCUT2D eigenvalue weighted by molar-refractivity contribution is -0.128. The Kier molecular flexibility index (Phi) is 6.68. The van der Waals surface area contributed by atoms with Crippen molar-refractivity contribution in [1.29, 1.82) is 0 Å². The molecule has 20 heavy (non-hydrogen) atoms. The van der Waals surface area contributed by atoms with Crippen molar-refractivity contribution in [2.45, 2.75) is 40.2 Å². The van der Waals surface area contributed by atoms with Crippen LogP contribution in [0.5, 0.6) is 0 Å². The second kappa shape index (κ2) is 7.78. The Morgan fingerprint density at radius 1 is 1.30 bits per heavy atom. The van der Waals surface area contributed by atoms with Gasteiger partial charge in [0.1, 0.15) is 0 Å². The van der Waals surface area contributed by atoms with Gasteiger partial charge in [0.15, 0.2) is 0 Å². The Morgan fingerprint density at radius 3 is 2.55 bits per heavy atom. The van der Waals surface area contributed by atoms with Gasteiger partial charge in [-0.05, 0) is 28.4 Å². The van der Waals surface area contributed by atoms with E-state index < -0.39 is 0 Å². The molecule has 0 saturated carbocycles. The van der Waals surface area contributed by atoms with Crippen LogP contribution in [0, 0.1) is 5.41 Å². The van der Waals surface area contributed by atoms with E-state index in [4.69, 9.17) is 0 Å². The topological polar surface area (TPSA) is 58.2 Å². The van der Waals surface area contributed by atoms with Crippen LogP contribution in [0.2, 0.25) is 0 Å². The van der Waals surface area contributed by atoms with E-state index in [9.17, 15) is 9.59 Å². The number of carbonyl (C=O) groups is 2. The van der Waals surface area contributed by atoms with Crippen molar-refractivity contribution in [3.05, 3.63) is 20.8 Å². The van der Waals surface area contributed by atoms with Gasteiger partial charge >= 0.3 is 0 Å². The zero-order valence-corrected chi connectivity index (χ0v) is 14.5. The van der Waals surface area contributed by atoms with E-state index in [1.807, 2.05) is 32.2 Å². The van der Waals surface area contributed by atoms with Gasteiger partial charge in [-0.15, -0.1) is 11.3 Å². The quantitative estimate of drug-likeness (QED) is 0.765. The Morgan fingerprint density at radius 2 is 2.00 bits per heavy atom. The summed E-state index contributed by atoms with van der Waals surface area (Å²) in [5, 5.41) is 7.69. The molecule has 0 atom stereocenters. The highest BCUT2D eigenvalue weighted by Crippen LogP contribution is 2.19. The lowest BCUT2D eigenvalue weighted by Gasteiger charge is -2.17. The van der Waals surface area contributed by atoms with Crippen molar-refractivity contribution < 1.29 is 9.59 Å². The number of halogens is 1. The normalized spacial score (nSPS) is 11.2. The first-order valence-corrected chi connectivity index (χ1v) is 8.24. The summed E-state index contributed by atoms with van der Waals surface area (Å²) >= 11 is 4.99. The fourth-order valence-electron chi connectivity index (χ4n) is 1.44. The van der Waals surface area contributed by atoms with E-state index >= 15 is 0 Å². The second-order valence-corrected chi connectivity index (χ2v) is 7.53. The molecule has 1 aromatic rings. The molecule has 1 heterocycles. The van der Waals surface area contributed by atoms with Gasteiger partial charge in [-0.25, -0.2) is 0 Å². The first kappa shape index (κ1) is 17.2. The molecule has 112 valence electrons. The third-order valence-corrected chi connectivity index (χ3v) is 4.33. The van der Waals surface area contributed by atoms with Crippen LogP contribution in [0.1, 0.15) is 38.5 Å². The summed E-state index contributed by atoms with van der Waals surface area (Å²) in [6, 6.07) is 1.99. The second-order valence-electron chi connectivity index (χ2n) is 5.62. The summed E-state index contributed by atoms with van der Waals surface area (Å²) in [5.41, 5.74) is -0.380. The standard InChI is InChI=1S/C14H21BrN2O2S/c1-14(2,3)13(19)16-6-4-5-12(18)17-8-11-7-10(15)9-20-11/h7,9H,4-6,8H2,1-3H3,(H,16,19)(H,17,18). The van der Waals surface area contributed by atoms with Crippen LogP contribution in [0.4, 0.5) is 0 Å². The van der Waals surface area contributed by atoms with Crippen molar-refractivity contribution in [1.82, 2.24) is 10.6 Å². The number of carbonyl (C=O) groups excluding carboxylic acids is 2. The Balaban J connectivity index is 2.13. The van der Waals surface area contributed by atoms with Gasteiger partial charge in [-0.1, -0.05) is 20.8 Å². The minimum atomic E-state index is -0.380. The van der Waals surface area contributed by atoms with Gasteiger partial charge in [-0.3, -0.25) is 9.59 Å². The summed E-state index contributed by atoms with van der Waals surface area (Å²) in [7, 11) is 0. The zero-order valence-electron chi connectivity index (χ0n) is 12.1. The van der Waals surface area contributed by atoms with Crippen molar-refractivity contribution in [3.63, 3.8) is 0 Å². The predicted octanol–water partition coefficient (Wildman–Crippen LogP) is 3.07. The number of thiophene rings is 1. The van der Waals surface area contributed by atoms with Gasteiger partial charge < -0.3 is 10.6 Å². The Labute approximate surface area is 132 Å². The third-order valence-electron chi connectivity index (χ3n) is 2.63. The third kappa shape index (κ3) is 6.52. The Bertz CT molecular complexity index is 466. The van der Waals surface area contributed by atoms with E-state index in [2.05, 4.69) is 26.6 Å². The van der Waals surface area contributed by atoms with Crippen molar-refractivity contribution in [2.24, 2.45) is 5.41 Å². The van der Waals surface area contributed by atoms with Crippen LogP contribution >= 0.6 is 27.3 Å². The molecule has 1 rings (SSSR count). The smallest absolute Gasteiger partial charge is 0.225 e. The minimum Gasteiger partial charge on any atom is -0.356 e. The average Bonchev–Trinajstić information content (AvgIpc) is 2.76. The molecule has 0 radical (unpaired) electrons. The monoisotopic (exact) mass is 360 g/mol. The summed E-state index contributed by atoms with van der Waals surface area (Å²) in [6.07, 6.45) is 1.08. The van der Waals surface area contributed by atoms with Gasteiger partial charge in [0.05, 0.1) is 6.54 Å². The predicted molar refractivity (Wildman–Crippen MR) is 85.6 cm³/mol. The summed E-state index contributed by atoms with van der Waals surface area (Å²) < 4.78 is 1.04. The number of nitrogens with one attached hydrogen (secondary N) is 2. The van der Waals surface area contributed by atoms with Crippen LogP contribution in [0.15, 0.2) is 15.9 Å². The molecule has 1 aromatic heterocycles. The SMILES string of the molecule is CC(C)(C)C(=O)NCCCC(=O)NCc1cc(Br)cs1. The van der Waals surface area contributed by atoms with Gasteiger partial charge in [0, 0.05) is 33.1 Å². The van der Waals surface area contributed by atoms with Crippen LogP contribution in [0.3, 0.4) is 0 Å². The highest BCUT2D eigenvalue weighted by atomic mass is 79.9. The van der Waals surface area contributed by atoms with Crippen LogP contribution in [0.25, 0.3) is 0 Å². The molecule has 0 spiro atoms. The molecule has 4 nitrogen and oxygen atoms in total. The Hall–Kier alpha value is -0.880. The highest BCUT2D eigenvalue weighted by Gasteiger charge is 2.20. The maximum absolute atomic E-state index is 11.6. The molecule has 2 amide bonds. The molecular formula is C14H21BrN2O2S. The van der Waals surface area contributed by atoms with E-state index in [1.165, 1.54) is 0 Å². The molecule has 0 aliphatic heterocycles. The average molecular weight is 361 g/mol. The van der Waals surface area contributed by atoms with Crippen LogP contribution < -0.4 is 10.6 Å².